The molecule has 2 N–H and O–H groups in total. The van der Waals surface area contributed by atoms with Crippen LogP contribution in [0.3, 0.4) is 0 Å². The molecule has 2 amide bonds. The number of nitrogens with one attached hydrogen (secondary N) is 1. The van der Waals surface area contributed by atoms with E-state index in [1.54, 1.807) is 6.92 Å². The fraction of sp³-hybridized carbons (Fsp3) is 0.833. The first-order chi connectivity index (χ1) is 8.47. The smallest absolute Gasteiger partial charge is 0.326 e. The van der Waals surface area contributed by atoms with E-state index in [-0.39, 0.29) is 6.03 Å². The molecule has 6 heteroatoms. The Balaban J connectivity index is 2.42. The van der Waals surface area contributed by atoms with Gasteiger partial charge in [-0.1, -0.05) is 6.92 Å². The van der Waals surface area contributed by atoms with Crippen LogP contribution in [0.15, 0.2) is 0 Å². The zero-order valence-electron chi connectivity index (χ0n) is 11.3. The lowest BCUT2D eigenvalue weighted by molar-refractivity contribution is -0.141. The molecule has 0 radical (unpaired) electrons. The molecule has 0 aromatic heterocycles. The van der Waals surface area contributed by atoms with Gasteiger partial charge in [0, 0.05) is 19.6 Å². The summed E-state index contributed by atoms with van der Waals surface area (Å²) in [5, 5.41) is 11.8. The molecular weight excluding hydrogens is 234 g/mol. The molecule has 0 aromatic rings. The molecule has 18 heavy (non-hydrogen) atoms. The predicted octanol–water partition coefficient (Wildman–Crippen LogP) is 0.585. The number of hydrogen-bond acceptors (Lipinski definition) is 3. The third-order valence-electron chi connectivity index (χ3n) is 3.62. The summed E-state index contributed by atoms with van der Waals surface area (Å²) in [4.78, 5) is 26.3. The number of urea groups is 1. The number of likely N-dealkylation sites (N-methyl/N-ethyl adjacent to an activating group) is 2. The van der Waals surface area contributed by atoms with Crippen LogP contribution < -0.4 is 5.32 Å². The number of carboxylic acids is 1. The minimum atomic E-state index is -0.965. The van der Waals surface area contributed by atoms with Crippen molar-refractivity contribution in [3.8, 4) is 0 Å². The molecule has 0 bridgehead atoms. The highest BCUT2D eigenvalue weighted by Gasteiger charge is 2.26. The molecule has 2 unspecified atom stereocenters. The number of carbonyl (C=O) groups excluding carboxylic acids is 1. The van der Waals surface area contributed by atoms with Gasteiger partial charge in [0.25, 0.3) is 0 Å². The summed E-state index contributed by atoms with van der Waals surface area (Å²) in [6, 6.07) is -0.705. The molecule has 6 nitrogen and oxygen atoms in total. The average molecular weight is 257 g/mol. The van der Waals surface area contributed by atoms with Crippen LogP contribution in [0.1, 0.15) is 26.2 Å². The Bertz CT molecular complexity index is 309. The third kappa shape index (κ3) is 3.60. The predicted molar refractivity (Wildman–Crippen MR) is 68.5 cm³/mol. The van der Waals surface area contributed by atoms with E-state index in [0.29, 0.717) is 19.0 Å². The zero-order valence-corrected chi connectivity index (χ0v) is 11.3. The fourth-order valence-corrected chi connectivity index (χ4v) is 2.32. The van der Waals surface area contributed by atoms with E-state index in [1.807, 2.05) is 7.05 Å². The second kappa shape index (κ2) is 6.58. The molecule has 1 aliphatic rings. The quantitative estimate of drug-likeness (QED) is 0.756. The molecule has 0 saturated carbocycles. The number of hydrogen-bond donors (Lipinski definition) is 2. The summed E-state index contributed by atoms with van der Waals surface area (Å²) in [6.07, 6.45) is 2.64. The molecular formula is C12H23N3O3. The Labute approximate surface area is 108 Å². The average Bonchev–Trinajstić information content (AvgIpc) is 2.72. The fourth-order valence-electron chi connectivity index (χ4n) is 2.32. The van der Waals surface area contributed by atoms with Crippen LogP contribution in [0.4, 0.5) is 4.79 Å². The maximum absolute atomic E-state index is 11.8. The van der Waals surface area contributed by atoms with Crippen LogP contribution in [0, 0.1) is 0 Å². The molecule has 104 valence electrons. The molecule has 1 heterocycles. The number of aliphatic carboxylic acids is 1. The Hall–Kier alpha value is -1.30. The summed E-state index contributed by atoms with van der Waals surface area (Å²) in [7, 11) is 3.57. The van der Waals surface area contributed by atoms with Gasteiger partial charge in [-0.3, -0.25) is 0 Å². The molecule has 1 fully saturated rings. The van der Waals surface area contributed by atoms with E-state index in [4.69, 9.17) is 5.11 Å². The van der Waals surface area contributed by atoms with Crippen molar-refractivity contribution in [2.75, 3.05) is 27.2 Å². The highest BCUT2D eigenvalue weighted by atomic mass is 16.4. The summed E-state index contributed by atoms with van der Waals surface area (Å²) in [5.74, 6) is -0.965. The molecule has 1 rings (SSSR count). The van der Waals surface area contributed by atoms with E-state index in [2.05, 4.69) is 10.2 Å². The summed E-state index contributed by atoms with van der Waals surface area (Å²) < 4.78 is 0. The van der Waals surface area contributed by atoms with E-state index < -0.39 is 12.0 Å². The Morgan fingerprint density at radius 1 is 1.56 bits per heavy atom. The second-order valence-electron chi connectivity index (χ2n) is 4.84. The second-order valence-corrected chi connectivity index (χ2v) is 4.84. The van der Waals surface area contributed by atoms with Crippen molar-refractivity contribution in [1.29, 1.82) is 0 Å². The van der Waals surface area contributed by atoms with Gasteiger partial charge in [-0.15, -0.1) is 0 Å². The molecule has 0 aromatic carbocycles. The number of rotatable bonds is 5. The first-order valence-electron chi connectivity index (χ1n) is 6.41. The minimum Gasteiger partial charge on any atom is -0.480 e. The van der Waals surface area contributed by atoms with Gasteiger partial charge in [0.1, 0.15) is 6.04 Å². The van der Waals surface area contributed by atoms with Gasteiger partial charge in [-0.05, 0) is 32.9 Å². The summed E-state index contributed by atoms with van der Waals surface area (Å²) in [5.41, 5.74) is 0. The zero-order chi connectivity index (χ0) is 13.7. The molecule has 0 spiro atoms. The van der Waals surface area contributed by atoms with Gasteiger partial charge in [0.05, 0.1) is 0 Å². The van der Waals surface area contributed by atoms with Crippen LogP contribution in [0.2, 0.25) is 0 Å². The first-order valence-corrected chi connectivity index (χ1v) is 6.41. The van der Waals surface area contributed by atoms with Crippen molar-refractivity contribution in [1.82, 2.24) is 15.1 Å². The monoisotopic (exact) mass is 257 g/mol. The van der Waals surface area contributed by atoms with E-state index >= 15 is 0 Å². The van der Waals surface area contributed by atoms with E-state index in [9.17, 15) is 9.59 Å². The van der Waals surface area contributed by atoms with Gasteiger partial charge in [0.2, 0.25) is 0 Å². The van der Waals surface area contributed by atoms with Crippen molar-refractivity contribution in [2.24, 2.45) is 0 Å². The van der Waals surface area contributed by atoms with Gasteiger partial charge in [-0.2, -0.15) is 0 Å². The van der Waals surface area contributed by atoms with E-state index in [0.717, 1.165) is 19.4 Å². The lowest BCUT2D eigenvalue weighted by Gasteiger charge is -2.26. The van der Waals surface area contributed by atoms with Crippen LogP contribution in [0.5, 0.6) is 0 Å². The number of carboxylic acid groups (broad SMARTS) is 1. The standard InChI is InChI=1S/C12H23N3O3/c1-4-10(11(16)17)15(3)12(18)13-8-9-6-5-7-14(9)2/h9-10H,4-8H2,1-3H3,(H,13,18)(H,16,17). The molecule has 1 aliphatic heterocycles. The lowest BCUT2D eigenvalue weighted by atomic mass is 10.2. The number of amides is 2. The van der Waals surface area contributed by atoms with Gasteiger partial charge < -0.3 is 20.2 Å². The number of nitrogens with zero attached hydrogens (tertiary/aromatic N) is 2. The van der Waals surface area contributed by atoms with Crippen molar-refractivity contribution in [3.63, 3.8) is 0 Å². The van der Waals surface area contributed by atoms with Crippen molar-refractivity contribution in [2.45, 2.75) is 38.3 Å². The van der Waals surface area contributed by atoms with Crippen molar-refractivity contribution in [3.05, 3.63) is 0 Å². The minimum absolute atomic E-state index is 0.315. The van der Waals surface area contributed by atoms with Crippen LogP contribution in [-0.2, 0) is 4.79 Å². The molecule has 1 saturated heterocycles. The van der Waals surface area contributed by atoms with Crippen LogP contribution in [-0.4, -0.2) is 66.2 Å². The Morgan fingerprint density at radius 3 is 2.67 bits per heavy atom. The van der Waals surface area contributed by atoms with Crippen molar-refractivity contribution >= 4 is 12.0 Å². The SMILES string of the molecule is CCC(C(=O)O)N(C)C(=O)NCC1CCCN1C. The largest absolute Gasteiger partial charge is 0.480 e. The Morgan fingerprint density at radius 2 is 2.22 bits per heavy atom. The van der Waals surface area contributed by atoms with Crippen LogP contribution >= 0.6 is 0 Å². The third-order valence-corrected chi connectivity index (χ3v) is 3.62. The highest BCUT2D eigenvalue weighted by Crippen LogP contribution is 2.13. The molecule has 2 atom stereocenters. The van der Waals surface area contributed by atoms with Gasteiger partial charge in [0.15, 0.2) is 0 Å². The van der Waals surface area contributed by atoms with E-state index in [1.165, 1.54) is 11.9 Å². The lowest BCUT2D eigenvalue weighted by Crippen LogP contribution is -2.49. The highest BCUT2D eigenvalue weighted by molar-refractivity contribution is 5.82. The van der Waals surface area contributed by atoms with Crippen molar-refractivity contribution < 1.29 is 14.7 Å². The number of carbonyl (C=O) groups is 2. The summed E-state index contributed by atoms with van der Waals surface area (Å²) >= 11 is 0. The number of likely N-dealkylation sites (tertiary alicyclic amines) is 1. The molecule has 0 aliphatic carbocycles. The van der Waals surface area contributed by atoms with Crippen LogP contribution in [0.25, 0.3) is 0 Å². The topological polar surface area (TPSA) is 72.9 Å². The summed E-state index contributed by atoms with van der Waals surface area (Å²) in [6.45, 7) is 3.39. The normalized spacial score (nSPS) is 21.6. The Kier molecular flexibility index (Phi) is 5.40. The maximum Gasteiger partial charge on any atom is 0.326 e. The van der Waals surface area contributed by atoms with Gasteiger partial charge >= 0.3 is 12.0 Å². The van der Waals surface area contributed by atoms with Gasteiger partial charge in [-0.25, -0.2) is 9.59 Å². The maximum atomic E-state index is 11.8. The first kappa shape index (κ1) is 14.8.